The Labute approximate surface area is 189 Å². The van der Waals surface area contributed by atoms with Crippen molar-refractivity contribution in [3.63, 3.8) is 0 Å². The van der Waals surface area contributed by atoms with Crippen molar-refractivity contribution in [2.24, 2.45) is 5.92 Å². The van der Waals surface area contributed by atoms with Gasteiger partial charge in [-0.2, -0.15) is 4.72 Å². The minimum Gasteiger partial charge on any atom is -0.495 e. The van der Waals surface area contributed by atoms with Gasteiger partial charge in [0.1, 0.15) is 11.8 Å². The summed E-state index contributed by atoms with van der Waals surface area (Å²) in [6.45, 7) is 5.85. The Bertz CT molecular complexity index is 1110. The molecule has 8 nitrogen and oxygen atoms in total. The van der Waals surface area contributed by atoms with Crippen LogP contribution in [-0.4, -0.2) is 39.9 Å². The Morgan fingerprint density at radius 1 is 1.16 bits per heavy atom. The van der Waals surface area contributed by atoms with Gasteiger partial charge in [0.2, 0.25) is 21.8 Å². The molecule has 0 saturated heterocycles. The van der Waals surface area contributed by atoms with E-state index in [1.54, 1.807) is 41.3 Å². The minimum absolute atomic E-state index is 0.0699. The van der Waals surface area contributed by atoms with Gasteiger partial charge in [0.15, 0.2) is 0 Å². The molecule has 32 heavy (non-hydrogen) atoms. The summed E-state index contributed by atoms with van der Waals surface area (Å²) in [5, 5.41) is 2.77. The van der Waals surface area contributed by atoms with E-state index in [0.717, 1.165) is 11.3 Å². The summed E-state index contributed by atoms with van der Waals surface area (Å²) >= 11 is 0. The molecule has 0 saturated carbocycles. The molecule has 2 amide bonds. The van der Waals surface area contributed by atoms with Crippen molar-refractivity contribution in [2.45, 2.75) is 44.6 Å². The van der Waals surface area contributed by atoms with Crippen molar-refractivity contribution in [3.8, 4) is 5.75 Å². The third-order valence-electron chi connectivity index (χ3n) is 5.32. The van der Waals surface area contributed by atoms with Crippen LogP contribution in [0.3, 0.4) is 0 Å². The average molecular weight is 460 g/mol. The number of carbonyl (C=O) groups is 2. The molecule has 172 valence electrons. The number of anilines is 2. The molecule has 9 heteroatoms. The van der Waals surface area contributed by atoms with E-state index < -0.39 is 22.0 Å². The molecule has 0 bridgehead atoms. The molecule has 2 aromatic rings. The van der Waals surface area contributed by atoms with E-state index in [-0.39, 0.29) is 16.7 Å². The Kier molecular flexibility index (Phi) is 7.20. The van der Waals surface area contributed by atoms with Crippen LogP contribution in [0.15, 0.2) is 47.4 Å². The number of hydrogen-bond acceptors (Lipinski definition) is 5. The van der Waals surface area contributed by atoms with Gasteiger partial charge >= 0.3 is 0 Å². The van der Waals surface area contributed by atoms with Crippen LogP contribution in [0.2, 0.25) is 0 Å². The quantitative estimate of drug-likeness (QED) is 0.632. The van der Waals surface area contributed by atoms with Gasteiger partial charge in [-0.1, -0.05) is 26.0 Å². The fraction of sp³-hybridized carbons (Fsp3) is 0.391. The molecule has 0 radical (unpaired) electrons. The Hall–Kier alpha value is -2.91. The highest BCUT2D eigenvalue weighted by atomic mass is 32.2. The maximum absolute atomic E-state index is 13.1. The van der Waals surface area contributed by atoms with Gasteiger partial charge in [0.25, 0.3) is 0 Å². The largest absolute Gasteiger partial charge is 0.495 e. The summed E-state index contributed by atoms with van der Waals surface area (Å²) in [4.78, 5) is 26.4. The van der Waals surface area contributed by atoms with Crippen LogP contribution in [0.25, 0.3) is 0 Å². The fourth-order valence-corrected chi connectivity index (χ4v) is 5.03. The molecular formula is C23H29N3O5S. The van der Waals surface area contributed by atoms with Crippen molar-refractivity contribution in [1.82, 2.24) is 4.72 Å². The summed E-state index contributed by atoms with van der Waals surface area (Å²) in [5.41, 5.74) is 1.99. The molecule has 2 N–H and O–H groups in total. The lowest BCUT2D eigenvalue weighted by Gasteiger charge is -2.21. The molecular weight excluding hydrogens is 430 g/mol. The Morgan fingerprint density at radius 2 is 1.88 bits per heavy atom. The van der Waals surface area contributed by atoms with Gasteiger partial charge < -0.3 is 15.0 Å². The average Bonchev–Trinajstić information content (AvgIpc) is 3.17. The molecule has 1 unspecified atom stereocenters. The highest BCUT2D eigenvalue weighted by Gasteiger charge is 2.29. The van der Waals surface area contributed by atoms with Gasteiger partial charge in [-0.3, -0.25) is 9.59 Å². The number of nitrogens with one attached hydrogen (secondary N) is 2. The number of hydrogen-bond donors (Lipinski definition) is 2. The molecule has 0 aliphatic carbocycles. The first-order valence-corrected chi connectivity index (χ1v) is 12.0. The van der Waals surface area contributed by atoms with Crippen molar-refractivity contribution in [2.75, 3.05) is 23.9 Å². The third-order valence-corrected chi connectivity index (χ3v) is 6.79. The summed E-state index contributed by atoms with van der Waals surface area (Å²) < 4.78 is 34.1. The van der Waals surface area contributed by atoms with Crippen molar-refractivity contribution in [1.29, 1.82) is 0 Å². The fourth-order valence-electron chi connectivity index (χ4n) is 3.78. The van der Waals surface area contributed by atoms with Crippen LogP contribution in [0.5, 0.6) is 5.75 Å². The molecule has 1 atom stereocenters. The van der Waals surface area contributed by atoms with Crippen LogP contribution in [-0.2, 0) is 26.0 Å². The number of ether oxygens (including phenoxy) is 1. The predicted molar refractivity (Wildman–Crippen MR) is 123 cm³/mol. The van der Waals surface area contributed by atoms with Crippen LogP contribution in [0.1, 0.15) is 32.8 Å². The maximum Gasteiger partial charge on any atom is 0.242 e. The van der Waals surface area contributed by atoms with Gasteiger partial charge in [-0.25, -0.2) is 8.42 Å². The van der Waals surface area contributed by atoms with E-state index in [1.807, 2.05) is 13.8 Å². The van der Waals surface area contributed by atoms with Crippen molar-refractivity contribution >= 4 is 33.2 Å². The van der Waals surface area contributed by atoms with E-state index in [9.17, 15) is 18.0 Å². The first-order valence-electron chi connectivity index (χ1n) is 10.5. The number of rotatable bonds is 8. The summed E-state index contributed by atoms with van der Waals surface area (Å²) in [6.07, 6.45) is 0.908. The van der Waals surface area contributed by atoms with Gasteiger partial charge in [-0.05, 0) is 54.7 Å². The standard InChI is InChI=1S/C23H29N3O5S/c1-15(2)13-20(23(28)24-19-7-5-6-8-22(19)31-4)25-32(29,30)18-9-10-21-17(14-18)11-12-26(21)16(3)27/h5-10,14-15,20,25H,11-13H2,1-4H3,(H,24,28). The molecule has 1 aliphatic heterocycles. The lowest BCUT2D eigenvalue weighted by molar-refractivity contribution is -0.118. The number of carbonyl (C=O) groups excluding carboxylic acids is 2. The zero-order chi connectivity index (χ0) is 23.5. The Balaban J connectivity index is 1.83. The van der Waals surface area contributed by atoms with Gasteiger partial charge in [0, 0.05) is 19.2 Å². The number of nitrogens with zero attached hydrogens (tertiary/aromatic N) is 1. The highest BCUT2D eigenvalue weighted by molar-refractivity contribution is 7.89. The van der Waals surface area contributed by atoms with E-state index in [1.165, 1.54) is 20.1 Å². The highest BCUT2D eigenvalue weighted by Crippen LogP contribution is 2.30. The summed E-state index contributed by atoms with van der Waals surface area (Å²) in [6, 6.07) is 10.7. The van der Waals surface area contributed by atoms with Crippen LogP contribution in [0.4, 0.5) is 11.4 Å². The van der Waals surface area contributed by atoms with Crippen molar-refractivity contribution < 1.29 is 22.7 Å². The smallest absolute Gasteiger partial charge is 0.242 e. The van der Waals surface area contributed by atoms with Crippen LogP contribution >= 0.6 is 0 Å². The normalized spacial score (nSPS) is 14.2. The molecule has 3 rings (SSSR count). The lowest BCUT2D eigenvalue weighted by atomic mass is 10.0. The van der Waals surface area contributed by atoms with E-state index >= 15 is 0 Å². The Morgan fingerprint density at radius 3 is 2.53 bits per heavy atom. The summed E-state index contributed by atoms with van der Waals surface area (Å²) in [7, 11) is -2.46. The molecule has 0 spiro atoms. The number of fused-ring (bicyclic) bond motifs is 1. The molecule has 2 aromatic carbocycles. The zero-order valence-corrected chi connectivity index (χ0v) is 19.5. The van der Waals surface area contributed by atoms with Gasteiger partial charge in [-0.15, -0.1) is 0 Å². The lowest BCUT2D eigenvalue weighted by Crippen LogP contribution is -2.44. The summed E-state index contributed by atoms with van der Waals surface area (Å²) in [5.74, 6) is 0.0223. The second kappa shape index (κ2) is 9.70. The first-order chi connectivity index (χ1) is 15.1. The first kappa shape index (κ1) is 23.7. The number of amides is 2. The van der Waals surface area contributed by atoms with E-state index in [2.05, 4.69) is 10.0 Å². The van der Waals surface area contributed by atoms with E-state index in [0.29, 0.717) is 30.8 Å². The van der Waals surface area contributed by atoms with Crippen LogP contribution < -0.4 is 19.7 Å². The number of para-hydroxylation sites is 2. The SMILES string of the molecule is COc1ccccc1NC(=O)C(CC(C)C)NS(=O)(=O)c1ccc2c(c1)CCN2C(C)=O. The second-order valence-electron chi connectivity index (χ2n) is 8.20. The molecule has 1 heterocycles. The predicted octanol–water partition coefficient (Wildman–Crippen LogP) is 2.94. The molecule has 1 aliphatic rings. The second-order valence-corrected chi connectivity index (χ2v) is 9.92. The topological polar surface area (TPSA) is 105 Å². The van der Waals surface area contributed by atoms with Gasteiger partial charge in [0.05, 0.1) is 17.7 Å². The monoisotopic (exact) mass is 459 g/mol. The molecule has 0 aromatic heterocycles. The van der Waals surface area contributed by atoms with E-state index in [4.69, 9.17) is 4.74 Å². The maximum atomic E-state index is 13.1. The number of sulfonamides is 1. The number of methoxy groups -OCH3 is 1. The van der Waals surface area contributed by atoms with Crippen molar-refractivity contribution in [3.05, 3.63) is 48.0 Å². The number of benzene rings is 2. The van der Waals surface area contributed by atoms with Crippen LogP contribution in [0, 0.1) is 5.92 Å². The third kappa shape index (κ3) is 5.28. The molecule has 0 fully saturated rings. The zero-order valence-electron chi connectivity index (χ0n) is 18.7. The minimum atomic E-state index is -3.96.